The van der Waals surface area contributed by atoms with Gasteiger partial charge in [0.1, 0.15) is 5.75 Å². The quantitative estimate of drug-likeness (QED) is 0.607. The molecule has 0 spiro atoms. The molecule has 0 fully saturated rings. The van der Waals surface area contributed by atoms with Crippen molar-refractivity contribution in [3.8, 4) is 5.75 Å². The second-order valence-electron chi connectivity index (χ2n) is 3.62. The van der Waals surface area contributed by atoms with Crippen molar-refractivity contribution in [3.63, 3.8) is 0 Å². The van der Waals surface area contributed by atoms with Gasteiger partial charge >= 0.3 is 0 Å². The Labute approximate surface area is 123 Å². The standard InChI is InChI=1S/C13H10BrNO3S/c1-18-11-4-2-3-5-13(11)19-12-7-6-9(14)8-10(12)15(16)17/h2-8H,1H3. The van der Waals surface area contributed by atoms with E-state index in [-0.39, 0.29) is 10.6 Å². The Bertz CT molecular complexity index is 619. The van der Waals surface area contributed by atoms with Crippen molar-refractivity contribution in [3.05, 3.63) is 57.1 Å². The van der Waals surface area contributed by atoms with Crippen LogP contribution in [-0.2, 0) is 0 Å². The first-order valence-electron chi connectivity index (χ1n) is 5.36. The van der Waals surface area contributed by atoms with Gasteiger partial charge in [-0.1, -0.05) is 39.8 Å². The maximum atomic E-state index is 11.1. The van der Waals surface area contributed by atoms with Gasteiger partial charge in [-0.25, -0.2) is 0 Å². The minimum atomic E-state index is -0.386. The molecule has 0 amide bonds. The summed E-state index contributed by atoms with van der Waals surface area (Å²) in [5.41, 5.74) is 0.0743. The molecule has 2 rings (SSSR count). The zero-order chi connectivity index (χ0) is 13.8. The molecule has 0 atom stereocenters. The molecule has 0 bridgehead atoms. The summed E-state index contributed by atoms with van der Waals surface area (Å²) < 4.78 is 5.93. The topological polar surface area (TPSA) is 52.4 Å². The van der Waals surface area contributed by atoms with Gasteiger partial charge in [0.2, 0.25) is 0 Å². The zero-order valence-corrected chi connectivity index (χ0v) is 12.4. The summed E-state index contributed by atoms with van der Waals surface area (Å²) in [6.07, 6.45) is 0. The highest BCUT2D eigenvalue weighted by Crippen LogP contribution is 2.40. The molecule has 6 heteroatoms. The first-order chi connectivity index (χ1) is 9.11. The number of methoxy groups -OCH3 is 1. The molecule has 0 aliphatic rings. The monoisotopic (exact) mass is 339 g/mol. The van der Waals surface area contributed by atoms with E-state index in [1.165, 1.54) is 17.8 Å². The third kappa shape index (κ3) is 3.27. The van der Waals surface area contributed by atoms with Gasteiger partial charge in [-0.3, -0.25) is 10.1 Å². The van der Waals surface area contributed by atoms with Gasteiger partial charge < -0.3 is 4.74 Å². The van der Waals surface area contributed by atoms with Crippen molar-refractivity contribution in [1.29, 1.82) is 0 Å². The summed E-state index contributed by atoms with van der Waals surface area (Å²) in [4.78, 5) is 12.1. The van der Waals surface area contributed by atoms with Crippen LogP contribution in [0.25, 0.3) is 0 Å². The molecule has 0 unspecified atom stereocenters. The summed E-state index contributed by atoms with van der Waals surface area (Å²) >= 11 is 4.55. The lowest BCUT2D eigenvalue weighted by Crippen LogP contribution is -1.91. The summed E-state index contributed by atoms with van der Waals surface area (Å²) in [5.74, 6) is 0.699. The molecule has 0 heterocycles. The first kappa shape index (κ1) is 13.9. The molecule has 2 aromatic rings. The number of nitro groups is 1. The van der Waals surface area contributed by atoms with Crippen LogP contribution >= 0.6 is 27.7 Å². The van der Waals surface area contributed by atoms with Crippen LogP contribution < -0.4 is 4.74 Å². The van der Waals surface area contributed by atoms with E-state index >= 15 is 0 Å². The Morgan fingerprint density at radius 3 is 2.63 bits per heavy atom. The fourth-order valence-electron chi connectivity index (χ4n) is 1.54. The molecule has 4 nitrogen and oxygen atoms in total. The van der Waals surface area contributed by atoms with Gasteiger partial charge in [0.25, 0.3) is 5.69 Å². The van der Waals surface area contributed by atoms with Crippen LogP contribution in [0, 0.1) is 10.1 Å². The van der Waals surface area contributed by atoms with Gasteiger partial charge in [-0.2, -0.15) is 0 Å². The number of nitro benzene ring substituents is 1. The van der Waals surface area contributed by atoms with Crippen LogP contribution in [0.3, 0.4) is 0 Å². The average molecular weight is 340 g/mol. The average Bonchev–Trinajstić information content (AvgIpc) is 2.41. The van der Waals surface area contributed by atoms with E-state index in [1.54, 1.807) is 19.2 Å². The molecule has 0 N–H and O–H groups in total. The van der Waals surface area contributed by atoms with Crippen LogP contribution in [-0.4, -0.2) is 12.0 Å². The molecule has 0 aliphatic heterocycles. The molecular formula is C13H10BrNO3S. The number of benzene rings is 2. The summed E-state index contributed by atoms with van der Waals surface area (Å²) in [6, 6.07) is 12.4. The van der Waals surface area contributed by atoms with Crippen LogP contribution in [0.5, 0.6) is 5.75 Å². The minimum Gasteiger partial charge on any atom is -0.496 e. The van der Waals surface area contributed by atoms with E-state index in [0.29, 0.717) is 15.1 Å². The van der Waals surface area contributed by atoms with E-state index in [1.807, 2.05) is 24.3 Å². The highest BCUT2D eigenvalue weighted by Gasteiger charge is 2.16. The van der Waals surface area contributed by atoms with E-state index in [4.69, 9.17) is 4.74 Å². The summed E-state index contributed by atoms with van der Waals surface area (Å²) in [5, 5.41) is 11.1. The lowest BCUT2D eigenvalue weighted by molar-refractivity contribution is -0.387. The fraction of sp³-hybridized carbons (Fsp3) is 0.0769. The maximum absolute atomic E-state index is 11.1. The number of halogens is 1. The Morgan fingerprint density at radius 1 is 1.21 bits per heavy atom. The van der Waals surface area contributed by atoms with Crippen LogP contribution in [0.2, 0.25) is 0 Å². The highest BCUT2D eigenvalue weighted by molar-refractivity contribution is 9.10. The van der Waals surface area contributed by atoms with E-state index < -0.39 is 0 Å². The van der Waals surface area contributed by atoms with Crippen molar-refractivity contribution in [2.45, 2.75) is 9.79 Å². The third-order valence-corrected chi connectivity index (χ3v) is 4.02. The molecule has 19 heavy (non-hydrogen) atoms. The van der Waals surface area contributed by atoms with Crippen molar-refractivity contribution in [2.24, 2.45) is 0 Å². The first-order valence-corrected chi connectivity index (χ1v) is 6.97. The van der Waals surface area contributed by atoms with Crippen LogP contribution in [0.15, 0.2) is 56.7 Å². The second-order valence-corrected chi connectivity index (χ2v) is 5.62. The number of ether oxygens (including phenoxy) is 1. The highest BCUT2D eigenvalue weighted by atomic mass is 79.9. The normalized spacial score (nSPS) is 10.2. The zero-order valence-electron chi connectivity index (χ0n) is 10.00. The van der Waals surface area contributed by atoms with Crippen molar-refractivity contribution >= 4 is 33.4 Å². The Morgan fingerprint density at radius 2 is 1.95 bits per heavy atom. The third-order valence-electron chi connectivity index (χ3n) is 2.41. The lowest BCUT2D eigenvalue weighted by atomic mass is 10.3. The predicted molar refractivity (Wildman–Crippen MR) is 77.9 cm³/mol. The minimum absolute atomic E-state index is 0.0743. The van der Waals surface area contributed by atoms with Gasteiger partial charge in [-0.15, -0.1) is 0 Å². The molecule has 0 radical (unpaired) electrons. The second kappa shape index (κ2) is 6.08. The smallest absolute Gasteiger partial charge is 0.284 e. The van der Waals surface area contributed by atoms with Crippen molar-refractivity contribution in [1.82, 2.24) is 0 Å². The van der Waals surface area contributed by atoms with Crippen LogP contribution in [0.4, 0.5) is 5.69 Å². The summed E-state index contributed by atoms with van der Waals surface area (Å²) in [7, 11) is 1.58. The SMILES string of the molecule is COc1ccccc1Sc1ccc(Br)cc1[N+](=O)[O-]. The molecule has 0 aliphatic carbocycles. The largest absolute Gasteiger partial charge is 0.496 e. The number of rotatable bonds is 4. The van der Waals surface area contributed by atoms with Crippen molar-refractivity contribution < 1.29 is 9.66 Å². The fourth-order valence-corrected chi connectivity index (χ4v) is 2.90. The lowest BCUT2D eigenvalue weighted by Gasteiger charge is -2.08. The Kier molecular flexibility index (Phi) is 4.44. The van der Waals surface area contributed by atoms with Crippen molar-refractivity contribution in [2.75, 3.05) is 7.11 Å². The van der Waals surface area contributed by atoms with E-state index in [2.05, 4.69) is 15.9 Å². The number of para-hydroxylation sites is 1. The molecule has 98 valence electrons. The Hall–Kier alpha value is -1.53. The van der Waals surface area contributed by atoms with E-state index in [0.717, 1.165) is 4.90 Å². The number of hydrogen-bond donors (Lipinski definition) is 0. The molecule has 2 aromatic carbocycles. The van der Waals surface area contributed by atoms with Gasteiger partial charge in [0.15, 0.2) is 0 Å². The molecule has 0 saturated carbocycles. The van der Waals surface area contributed by atoms with Crippen LogP contribution in [0.1, 0.15) is 0 Å². The number of nitrogens with zero attached hydrogens (tertiary/aromatic N) is 1. The predicted octanol–water partition coefficient (Wildman–Crippen LogP) is 4.52. The molecule has 0 aromatic heterocycles. The molecular weight excluding hydrogens is 330 g/mol. The van der Waals surface area contributed by atoms with E-state index in [9.17, 15) is 10.1 Å². The number of hydrogen-bond acceptors (Lipinski definition) is 4. The Balaban J connectivity index is 2.41. The van der Waals surface area contributed by atoms with Gasteiger partial charge in [-0.05, 0) is 24.3 Å². The maximum Gasteiger partial charge on any atom is 0.284 e. The van der Waals surface area contributed by atoms with Gasteiger partial charge in [0.05, 0.1) is 21.8 Å². The molecule has 0 saturated heterocycles. The van der Waals surface area contributed by atoms with Gasteiger partial charge in [0, 0.05) is 10.5 Å². The summed E-state index contributed by atoms with van der Waals surface area (Å²) in [6.45, 7) is 0.